The molecule has 0 aliphatic rings. The fourth-order valence-corrected chi connectivity index (χ4v) is 2.12. The van der Waals surface area contributed by atoms with Gasteiger partial charge in [-0.25, -0.2) is 0 Å². The maximum atomic E-state index is 11.8. The molecule has 0 radical (unpaired) electrons. The predicted molar refractivity (Wildman–Crippen MR) is 97.0 cm³/mol. The number of amides is 2. The first kappa shape index (κ1) is 20.0. The number of rotatable bonds is 10. The number of esters is 1. The van der Waals surface area contributed by atoms with Crippen LogP contribution in [-0.2, 0) is 25.7 Å². The topological polar surface area (TPSA) is 107 Å². The number of carbonyl (C=O) groups excluding carboxylic acids is 3. The summed E-state index contributed by atoms with van der Waals surface area (Å²) in [5.74, 6) is -0.0638. The normalized spacial score (nSPS) is 10.1. The van der Waals surface area contributed by atoms with E-state index in [0.29, 0.717) is 23.8 Å². The molecule has 0 aliphatic heterocycles. The van der Waals surface area contributed by atoms with Crippen molar-refractivity contribution in [1.82, 2.24) is 5.32 Å². The Kier molecular flexibility index (Phi) is 7.90. The second kappa shape index (κ2) is 10.6. The van der Waals surface area contributed by atoms with Crippen molar-refractivity contribution in [3.63, 3.8) is 0 Å². The molecule has 27 heavy (non-hydrogen) atoms. The second-order valence-corrected chi connectivity index (χ2v) is 5.52. The smallest absolute Gasteiger partial charge is 0.306 e. The molecule has 0 aliphatic carbocycles. The molecule has 2 rings (SSSR count). The summed E-state index contributed by atoms with van der Waals surface area (Å²) in [6.07, 6.45) is 1.37. The molecule has 0 atom stereocenters. The Morgan fingerprint density at radius 3 is 2.48 bits per heavy atom. The van der Waals surface area contributed by atoms with Crippen LogP contribution < -0.4 is 15.4 Å². The van der Waals surface area contributed by atoms with Crippen LogP contribution in [0.5, 0.6) is 5.75 Å². The van der Waals surface area contributed by atoms with Gasteiger partial charge >= 0.3 is 5.97 Å². The van der Waals surface area contributed by atoms with Gasteiger partial charge in [-0.2, -0.15) is 0 Å². The molecule has 2 N–H and O–H groups in total. The average molecular weight is 374 g/mol. The summed E-state index contributed by atoms with van der Waals surface area (Å²) in [6, 6.07) is 10.3. The number of anilines is 1. The summed E-state index contributed by atoms with van der Waals surface area (Å²) in [4.78, 5) is 35.1. The van der Waals surface area contributed by atoms with Gasteiger partial charge in [-0.05, 0) is 43.3 Å². The summed E-state index contributed by atoms with van der Waals surface area (Å²) >= 11 is 0. The van der Waals surface area contributed by atoms with E-state index >= 15 is 0 Å². The van der Waals surface area contributed by atoms with E-state index in [9.17, 15) is 14.4 Å². The third-order valence-corrected chi connectivity index (χ3v) is 3.41. The lowest BCUT2D eigenvalue weighted by molar-refractivity contribution is -0.148. The minimum absolute atomic E-state index is 0.0277. The first-order valence-corrected chi connectivity index (χ1v) is 8.54. The molecule has 1 heterocycles. The number of carbonyl (C=O) groups is 3. The number of benzene rings is 1. The fourth-order valence-electron chi connectivity index (χ4n) is 2.12. The first-order chi connectivity index (χ1) is 13.1. The predicted octanol–water partition coefficient (Wildman–Crippen LogP) is 2.26. The summed E-state index contributed by atoms with van der Waals surface area (Å²) < 4.78 is 15.3. The highest BCUT2D eigenvalue weighted by atomic mass is 16.5. The monoisotopic (exact) mass is 374 g/mol. The van der Waals surface area contributed by atoms with Gasteiger partial charge in [0.25, 0.3) is 5.91 Å². The Balaban J connectivity index is 1.61. The zero-order valence-corrected chi connectivity index (χ0v) is 15.0. The number of hydrogen-bond acceptors (Lipinski definition) is 6. The summed E-state index contributed by atoms with van der Waals surface area (Å²) in [5.41, 5.74) is 0.566. The molecule has 0 saturated carbocycles. The van der Waals surface area contributed by atoms with E-state index in [1.54, 1.807) is 36.4 Å². The van der Waals surface area contributed by atoms with Gasteiger partial charge in [0, 0.05) is 12.1 Å². The number of nitrogens with one attached hydrogen (secondary N) is 2. The molecule has 1 aromatic carbocycles. The van der Waals surface area contributed by atoms with Crippen LogP contribution in [0.2, 0.25) is 0 Å². The van der Waals surface area contributed by atoms with Gasteiger partial charge in [-0.1, -0.05) is 0 Å². The van der Waals surface area contributed by atoms with E-state index in [2.05, 4.69) is 10.6 Å². The lowest BCUT2D eigenvalue weighted by Crippen LogP contribution is -2.24. The van der Waals surface area contributed by atoms with E-state index in [1.165, 1.54) is 6.26 Å². The van der Waals surface area contributed by atoms with Gasteiger partial charge in [0.2, 0.25) is 5.91 Å². The van der Waals surface area contributed by atoms with Gasteiger partial charge in [0.1, 0.15) is 11.5 Å². The van der Waals surface area contributed by atoms with Crippen LogP contribution in [0.4, 0.5) is 5.69 Å². The van der Waals surface area contributed by atoms with E-state index in [1.807, 2.05) is 6.92 Å². The lowest BCUT2D eigenvalue weighted by atomic mass is 10.3. The molecular formula is C19H22N2O6. The fraction of sp³-hybridized carbons (Fsp3) is 0.316. The van der Waals surface area contributed by atoms with Crippen molar-refractivity contribution in [2.45, 2.75) is 26.3 Å². The van der Waals surface area contributed by atoms with Crippen molar-refractivity contribution < 1.29 is 28.3 Å². The molecule has 0 fully saturated rings. The maximum Gasteiger partial charge on any atom is 0.306 e. The van der Waals surface area contributed by atoms with Crippen LogP contribution >= 0.6 is 0 Å². The highest BCUT2D eigenvalue weighted by Gasteiger charge is 2.11. The molecule has 0 bridgehead atoms. The molecule has 2 aromatic rings. The zero-order valence-electron chi connectivity index (χ0n) is 15.0. The minimum Gasteiger partial charge on any atom is -0.494 e. The molecule has 1 aromatic heterocycles. The van der Waals surface area contributed by atoms with E-state index in [0.717, 1.165) is 0 Å². The molecule has 8 nitrogen and oxygen atoms in total. The van der Waals surface area contributed by atoms with Crippen molar-refractivity contribution >= 4 is 23.5 Å². The standard InChI is InChI=1S/C19H22N2O6/c1-2-25-15-7-5-14(6-8-15)21-18(23)13-27-19(24)10-9-17(22)20-12-16-4-3-11-26-16/h3-8,11H,2,9-10,12-13H2,1H3,(H,20,22)(H,21,23). The molecule has 8 heteroatoms. The molecule has 144 valence electrons. The van der Waals surface area contributed by atoms with Crippen molar-refractivity contribution in [2.75, 3.05) is 18.5 Å². The third kappa shape index (κ3) is 7.64. The first-order valence-electron chi connectivity index (χ1n) is 8.54. The summed E-state index contributed by atoms with van der Waals surface area (Å²) in [5, 5.41) is 5.23. The Hall–Kier alpha value is -3.29. The largest absolute Gasteiger partial charge is 0.494 e. The highest BCUT2D eigenvalue weighted by molar-refractivity contribution is 5.93. The summed E-state index contributed by atoms with van der Waals surface area (Å²) in [7, 11) is 0. The van der Waals surface area contributed by atoms with Crippen LogP contribution in [-0.4, -0.2) is 31.0 Å². The van der Waals surface area contributed by atoms with Crippen LogP contribution in [0, 0.1) is 0 Å². The van der Waals surface area contributed by atoms with E-state index in [4.69, 9.17) is 13.9 Å². The third-order valence-electron chi connectivity index (χ3n) is 3.41. The maximum absolute atomic E-state index is 11.8. The molecule has 0 saturated heterocycles. The van der Waals surface area contributed by atoms with Crippen molar-refractivity contribution in [2.24, 2.45) is 0 Å². The van der Waals surface area contributed by atoms with Gasteiger partial charge < -0.3 is 24.5 Å². The van der Waals surface area contributed by atoms with Gasteiger partial charge in [0.05, 0.1) is 25.8 Å². The van der Waals surface area contributed by atoms with E-state index < -0.39 is 18.5 Å². The average Bonchev–Trinajstić information content (AvgIpc) is 3.18. The van der Waals surface area contributed by atoms with Crippen LogP contribution in [0.1, 0.15) is 25.5 Å². The number of furan rings is 1. The SMILES string of the molecule is CCOc1ccc(NC(=O)COC(=O)CCC(=O)NCc2ccco2)cc1. The molecule has 0 unspecified atom stereocenters. The van der Waals surface area contributed by atoms with E-state index in [-0.39, 0.29) is 25.3 Å². The Labute approximate surface area is 156 Å². The van der Waals surface area contributed by atoms with Crippen molar-refractivity contribution in [3.05, 3.63) is 48.4 Å². The zero-order chi connectivity index (χ0) is 19.5. The molecule has 0 spiro atoms. The Bertz CT molecular complexity index is 740. The lowest BCUT2D eigenvalue weighted by Gasteiger charge is -2.08. The van der Waals surface area contributed by atoms with Crippen molar-refractivity contribution in [1.29, 1.82) is 0 Å². The second-order valence-electron chi connectivity index (χ2n) is 5.52. The highest BCUT2D eigenvalue weighted by Crippen LogP contribution is 2.15. The van der Waals surface area contributed by atoms with Gasteiger partial charge in [-0.15, -0.1) is 0 Å². The van der Waals surface area contributed by atoms with Crippen LogP contribution in [0.3, 0.4) is 0 Å². The number of ether oxygens (including phenoxy) is 2. The van der Waals surface area contributed by atoms with Crippen LogP contribution in [0.15, 0.2) is 47.1 Å². The minimum atomic E-state index is -0.620. The molecular weight excluding hydrogens is 352 g/mol. The Morgan fingerprint density at radius 1 is 1.04 bits per heavy atom. The van der Waals surface area contributed by atoms with Gasteiger partial charge in [-0.3, -0.25) is 14.4 Å². The Morgan fingerprint density at radius 2 is 1.81 bits per heavy atom. The quantitative estimate of drug-likeness (QED) is 0.618. The molecule has 2 amide bonds. The van der Waals surface area contributed by atoms with Crippen molar-refractivity contribution in [3.8, 4) is 5.75 Å². The van der Waals surface area contributed by atoms with Crippen LogP contribution in [0.25, 0.3) is 0 Å². The summed E-state index contributed by atoms with van der Waals surface area (Å²) in [6.45, 7) is 2.28. The number of hydrogen-bond donors (Lipinski definition) is 2. The van der Waals surface area contributed by atoms with Gasteiger partial charge in [0.15, 0.2) is 6.61 Å².